The van der Waals surface area contributed by atoms with Gasteiger partial charge in [0.25, 0.3) is 0 Å². The van der Waals surface area contributed by atoms with Gasteiger partial charge in [-0.3, -0.25) is 0 Å². The van der Waals surface area contributed by atoms with Gasteiger partial charge in [0.2, 0.25) is 0 Å². The van der Waals surface area contributed by atoms with Crippen LogP contribution in [0.25, 0.3) is 0 Å². The predicted octanol–water partition coefficient (Wildman–Crippen LogP) is -0.251. The van der Waals surface area contributed by atoms with Crippen LogP contribution in [0.2, 0.25) is 0 Å². The fourth-order valence-electron chi connectivity index (χ4n) is 1.32. The van der Waals surface area contributed by atoms with Crippen molar-refractivity contribution in [1.29, 1.82) is 0 Å². The zero-order valence-electron chi connectivity index (χ0n) is 7.17. The van der Waals surface area contributed by atoms with Gasteiger partial charge < -0.3 is 15.5 Å². The standard InChI is InChI=1S/C7H15N3OS/c1-5-6(2-3-11-5)4-9-7(12)10-8/h5-6H,2-4,8H2,1H3,(H2,9,10,12). The normalized spacial score (nSPS) is 28.5. The molecule has 0 spiro atoms. The van der Waals surface area contributed by atoms with E-state index >= 15 is 0 Å². The van der Waals surface area contributed by atoms with Crippen LogP contribution in [0.1, 0.15) is 13.3 Å². The molecule has 2 atom stereocenters. The number of nitrogens with two attached hydrogens (primary N) is 1. The van der Waals surface area contributed by atoms with Crippen molar-refractivity contribution in [1.82, 2.24) is 10.7 Å². The fourth-order valence-corrected chi connectivity index (χ4v) is 1.40. The van der Waals surface area contributed by atoms with Crippen LogP contribution in [0.15, 0.2) is 0 Å². The molecule has 1 aliphatic heterocycles. The van der Waals surface area contributed by atoms with Crippen LogP contribution in [0, 0.1) is 5.92 Å². The lowest BCUT2D eigenvalue weighted by molar-refractivity contribution is 0.106. The summed E-state index contributed by atoms with van der Waals surface area (Å²) >= 11 is 4.84. The minimum atomic E-state index is 0.332. The number of thiocarbonyl (C=S) groups is 1. The highest BCUT2D eigenvalue weighted by molar-refractivity contribution is 7.80. The van der Waals surface area contributed by atoms with Crippen molar-refractivity contribution in [3.63, 3.8) is 0 Å². The lowest BCUT2D eigenvalue weighted by atomic mass is 10.0. The molecule has 0 amide bonds. The molecule has 0 aliphatic carbocycles. The van der Waals surface area contributed by atoms with E-state index in [1.54, 1.807) is 0 Å². The summed E-state index contributed by atoms with van der Waals surface area (Å²) in [5.41, 5.74) is 2.38. The first-order valence-electron chi connectivity index (χ1n) is 4.10. The van der Waals surface area contributed by atoms with E-state index in [4.69, 9.17) is 22.8 Å². The minimum Gasteiger partial charge on any atom is -0.378 e. The maximum Gasteiger partial charge on any atom is 0.180 e. The number of hydrazine groups is 1. The summed E-state index contributed by atoms with van der Waals surface area (Å²) in [5, 5.41) is 3.51. The van der Waals surface area contributed by atoms with Crippen molar-refractivity contribution in [2.24, 2.45) is 11.8 Å². The van der Waals surface area contributed by atoms with Crippen LogP contribution in [0.4, 0.5) is 0 Å². The quantitative estimate of drug-likeness (QED) is 0.318. The molecule has 1 aliphatic rings. The van der Waals surface area contributed by atoms with Crippen molar-refractivity contribution < 1.29 is 4.74 Å². The zero-order valence-corrected chi connectivity index (χ0v) is 7.99. The van der Waals surface area contributed by atoms with Crippen LogP contribution in [-0.4, -0.2) is 24.4 Å². The van der Waals surface area contributed by atoms with Gasteiger partial charge in [0, 0.05) is 19.1 Å². The Hall–Kier alpha value is -0.390. The summed E-state index contributed by atoms with van der Waals surface area (Å²) in [7, 11) is 0. The van der Waals surface area contributed by atoms with E-state index in [0.717, 1.165) is 19.6 Å². The van der Waals surface area contributed by atoms with Crippen LogP contribution in [0.3, 0.4) is 0 Å². The Bertz CT molecular complexity index is 165. The molecular formula is C7H15N3OS. The molecule has 0 saturated carbocycles. The molecule has 1 fully saturated rings. The molecule has 2 unspecified atom stereocenters. The highest BCUT2D eigenvalue weighted by Gasteiger charge is 2.23. The lowest BCUT2D eigenvalue weighted by Crippen LogP contribution is -2.42. The van der Waals surface area contributed by atoms with Crippen LogP contribution in [-0.2, 0) is 4.74 Å². The topological polar surface area (TPSA) is 59.3 Å². The molecule has 1 rings (SSSR count). The Labute approximate surface area is 77.8 Å². The zero-order chi connectivity index (χ0) is 8.97. The molecule has 4 N–H and O–H groups in total. The third kappa shape index (κ3) is 2.58. The highest BCUT2D eigenvalue weighted by atomic mass is 32.1. The van der Waals surface area contributed by atoms with Gasteiger partial charge in [-0.15, -0.1) is 0 Å². The monoisotopic (exact) mass is 189 g/mol. The molecule has 4 nitrogen and oxygen atoms in total. The average molecular weight is 189 g/mol. The van der Waals surface area contributed by atoms with Crippen LogP contribution < -0.4 is 16.6 Å². The summed E-state index contributed by atoms with van der Waals surface area (Å²) in [4.78, 5) is 0. The van der Waals surface area contributed by atoms with Crippen molar-refractivity contribution in [2.45, 2.75) is 19.4 Å². The Kier molecular flexibility index (Phi) is 3.71. The van der Waals surface area contributed by atoms with Crippen LogP contribution >= 0.6 is 12.2 Å². The largest absolute Gasteiger partial charge is 0.378 e. The Morgan fingerprint density at radius 1 is 1.75 bits per heavy atom. The number of nitrogens with one attached hydrogen (secondary N) is 2. The van der Waals surface area contributed by atoms with E-state index in [0.29, 0.717) is 17.1 Å². The fraction of sp³-hybridized carbons (Fsp3) is 0.857. The first-order valence-corrected chi connectivity index (χ1v) is 4.51. The van der Waals surface area contributed by atoms with Gasteiger partial charge in [-0.2, -0.15) is 0 Å². The van der Waals surface area contributed by atoms with Gasteiger partial charge in [0.05, 0.1) is 6.10 Å². The van der Waals surface area contributed by atoms with Crippen molar-refractivity contribution in [3.05, 3.63) is 0 Å². The highest BCUT2D eigenvalue weighted by Crippen LogP contribution is 2.18. The van der Waals surface area contributed by atoms with E-state index < -0.39 is 0 Å². The molecule has 0 aromatic rings. The van der Waals surface area contributed by atoms with Gasteiger partial charge in [-0.25, -0.2) is 5.84 Å². The first kappa shape index (κ1) is 9.70. The molecule has 1 heterocycles. The number of hydrogen-bond donors (Lipinski definition) is 3. The van der Waals surface area contributed by atoms with Crippen molar-refractivity contribution in [3.8, 4) is 0 Å². The van der Waals surface area contributed by atoms with E-state index in [1.807, 2.05) is 0 Å². The van der Waals surface area contributed by atoms with Gasteiger partial charge in [-0.1, -0.05) is 0 Å². The van der Waals surface area contributed by atoms with Crippen LogP contribution in [0.5, 0.6) is 0 Å². The number of ether oxygens (including phenoxy) is 1. The van der Waals surface area contributed by atoms with Gasteiger partial charge in [0.1, 0.15) is 0 Å². The molecule has 0 radical (unpaired) electrons. The van der Waals surface area contributed by atoms with E-state index in [1.165, 1.54) is 0 Å². The smallest absolute Gasteiger partial charge is 0.180 e. The minimum absolute atomic E-state index is 0.332. The van der Waals surface area contributed by atoms with Crippen molar-refractivity contribution >= 4 is 17.3 Å². The molecule has 0 aromatic heterocycles. The van der Waals surface area contributed by atoms with E-state index in [9.17, 15) is 0 Å². The second-order valence-electron chi connectivity index (χ2n) is 2.98. The predicted molar refractivity (Wildman–Crippen MR) is 51.4 cm³/mol. The van der Waals surface area contributed by atoms with E-state index in [-0.39, 0.29) is 0 Å². The number of hydrogen-bond acceptors (Lipinski definition) is 3. The number of rotatable bonds is 2. The Morgan fingerprint density at radius 3 is 3.00 bits per heavy atom. The third-order valence-corrected chi connectivity index (χ3v) is 2.45. The second kappa shape index (κ2) is 4.59. The molecule has 12 heavy (non-hydrogen) atoms. The van der Waals surface area contributed by atoms with Gasteiger partial charge in [-0.05, 0) is 25.6 Å². The Balaban J connectivity index is 2.18. The maximum absolute atomic E-state index is 5.40. The third-order valence-electron chi connectivity index (χ3n) is 2.19. The summed E-state index contributed by atoms with van der Waals surface area (Å²) in [6.45, 7) is 3.78. The molecule has 5 heteroatoms. The molecule has 0 aromatic carbocycles. The molecule has 70 valence electrons. The van der Waals surface area contributed by atoms with Gasteiger partial charge in [0.15, 0.2) is 5.11 Å². The van der Waals surface area contributed by atoms with Crippen molar-refractivity contribution in [2.75, 3.05) is 13.2 Å². The van der Waals surface area contributed by atoms with Gasteiger partial charge >= 0.3 is 0 Å². The molecule has 0 bridgehead atoms. The average Bonchev–Trinajstić information content (AvgIpc) is 2.47. The summed E-state index contributed by atoms with van der Waals surface area (Å²) < 4.78 is 5.40. The summed E-state index contributed by atoms with van der Waals surface area (Å²) in [6, 6.07) is 0. The Morgan fingerprint density at radius 2 is 2.50 bits per heavy atom. The summed E-state index contributed by atoms with van der Waals surface area (Å²) in [6.07, 6.45) is 1.43. The van der Waals surface area contributed by atoms with E-state index in [2.05, 4.69) is 17.7 Å². The summed E-state index contributed by atoms with van der Waals surface area (Å²) in [5.74, 6) is 5.66. The maximum atomic E-state index is 5.40. The second-order valence-corrected chi connectivity index (χ2v) is 3.39. The lowest BCUT2D eigenvalue weighted by Gasteiger charge is -2.15. The molecule has 1 saturated heterocycles. The SMILES string of the molecule is CC1OCCC1CNC(=S)NN. The first-order chi connectivity index (χ1) is 5.74. The molecular weight excluding hydrogens is 174 g/mol.